The third kappa shape index (κ3) is 4.24. The van der Waals surface area contributed by atoms with Gasteiger partial charge in [-0.3, -0.25) is 4.79 Å². The Labute approximate surface area is 152 Å². The van der Waals surface area contributed by atoms with Crippen LogP contribution in [0.5, 0.6) is 0 Å². The minimum absolute atomic E-state index is 0.209. The highest BCUT2D eigenvalue weighted by Gasteiger charge is 2.24. The fourth-order valence-corrected chi connectivity index (χ4v) is 2.37. The highest BCUT2D eigenvalue weighted by Crippen LogP contribution is 2.21. The zero-order chi connectivity index (χ0) is 20.1. The van der Waals surface area contributed by atoms with Crippen LogP contribution < -0.4 is 10.3 Å². The molecule has 0 aliphatic rings. The number of amides is 1. The molecule has 2 aromatic rings. The number of carbonyl (C=O) groups excluding carboxylic acids is 1. The Kier molecular flexibility index (Phi) is 6.49. The zero-order valence-corrected chi connectivity index (χ0v) is 14.5. The Balaban J connectivity index is 2.14. The van der Waals surface area contributed by atoms with Crippen LogP contribution in [0.4, 0.5) is 27.6 Å². The van der Waals surface area contributed by atoms with Crippen molar-refractivity contribution < 1.29 is 26.7 Å². The Morgan fingerprint density at radius 3 is 1.89 bits per heavy atom. The first kappa shape index (κ1) is 20.3. The van der Waals surface area contributed by atoms with E-state index in [4.69, 9.17) is 0 Å². The highest BCUT2D eigenvalue weighted by atomic mass is 19.2. The predicted molar refractivity (Wildman–Crippen MR) is 91.3 cm³/mol. The molecule has 0 aliphatic heterocycles. The van der Waals surface area contributed by atoms with Gasteiger partial charge >= 0.3 is 0 Å². The predicted octanol–water partition coefficient (Wildman–Crippen LogP) is 3.99. The Hall–Kier alpha value is -2.97. The van der Waals surface area contributed by atoms with E-state index in [1.54, 1.807) is 12.1 Å². The molecule has 0 saturated heterocycles. The lowest BCUT2D eigenvalue weighted by molar-refractivity contribution is 0.0955. The summed E-state index contributed by atoms with van der Waals surface area (Å²) in [6.45, 7) is 5.54. The van der Waals surface area contributed by atoms with Crippen molar-refractivity contribution in [3.8, 4) is 0 Å². The van der Waals surface area contributed by atoms with Gasteiger partial charge in [-0.25, -0.2) is 27.4 Å². The third-order valence-electron chi connectivity index (χ3n) is 3.86. The van der Waals surface area contributed by atoms with Gasteiger partial charge in [0.15, 0.2) is 23.3 Å². The van der Waals surface area contributed by atoms with E-state index in [0.29, 0.717) is 6.21 Å². The second kappa shape index (κ2) is 8.61. The maximum Gasteiger partial charge on any atom is 0.271 e. The van der Waals surface area contributed by atoms with Crippen molar-refractivity contribution in [2.24, 2.45) is 5.10 Å². The van der Waals surface area contributed by atoms with Crippen LogP contribution in [0, 0.1) is 29.1 Å². The number of benzene rings is 2. The van der Waals surface area contributed by atoms with E-state index in [0.717, 1.165) is 18.8 Å². The lowest BCUT2D eigenvalue weighted by atomic mass is 10.2. The third-order valence-corrected chi connectivity index (χ3v) is 3.86. The fraction of sp³-hybridized carbons (Fsp3) is 0.222. The van der Waals surface area contributed by atoms with Crippen LogP contribution in [0.1, 0.15) is 29.8 Å². The van der Waals surface area contributed by atoms with Gasteiger partial charge in [-0.2, -0.15) is 5.10 Å². The first-order valence-corrected chi connectivity index (χ1v) is 8.01. The standard InChI is InChI=1S/C18H16F5N3O/c1-3-26(4-2)11-7-5-10(6-8-11)18(27)25-24-9-12-13(19)15(21)17(23)16(22)14(12)20/h5-9H,3-4H2,1-2H3,(H,25,27)/b24-9-. The minimum Gasteiger partial charge on any atom is -0.372 e. The van der Waals surface area contributed by atoms with Gasteiger partial charge in [0, 0.05) is 24.3 Å². The molecule has 0 fully saturated rings. The van der Waals surface area contributed by atoms with Crippen molar-refractivity contribution in [1.29, 1.82) is 0 Å². The van der Waals surface area contributed by atoms with Crippen molar-refractivity contribution in [3.63, 3.8) is 0 Å². The lowest BCUT2D eigenvalue weighted by Crippen LogP contribution is -2.22. The van der Waals surface area contributed by atoms with Crippen LogP contribution in [-0.4, -0.2) is 25.2 Å². The van der Waals surface area contributed by atoms with E-state index in [-0.39, 0.29) is 5.56 Å². The summed E-state index contributed by atoms with van der Waals surface area (Å²) in [5.74, 6) is -11.2. The van der Waals surface area contributed by atoms with E-state index in [9.17, 15) is 26.7 Å². The molecule has 0 heterocycles. The Morgan fingerprint density at radius 1 is 0.926 bits per heavy atom. The van der Waals surface area contributed by atoms with Crippen LogP contribution >= 0.6 is 0 Å². The van der Waals surface area contributed by atoms with Crippen LogP contribution in [0.15, 0.2) is 29.4 Å². The van der Waals surface area contributed by atoms with Gasteiger partial charge < -0.3 is 4.90 Å². The van der Waals surface area contributed by atoms with Crippen molar-refractivity contribution in [2.75, 3.05) is 18.0 Å². The van der Waals surface area contributed by atoms with Gasteiger partial charge in [0.1, 0.15) is 0 Å². The van der Waals surface area contributed by atoms with E-state index in [2.05, 4.69) is 10.0 Å². The number of hydrogen-bond acceptors (Lipinski definition) is 3. The van der Waals surface area contributed by atoms with Crippen LogP contribution in [-0.2, 0) is 0 Å². The number of rotatable bonds is 6. The molecular formula is C18H16F5N3O. The molecule has 1 N–H and O–H groups in total. The van der Waals surface area contributed by atoms with Crippen molar-refractivity contribution in [2.45, 2.75) is 13.8 Å². The molecule has 0 spiro atoms. The molecule has 9 heteroatoms. The number of anilines is 1. The second-order valence-corrected chi connectivity index (χ2v) is 5.40. The van der Waals surface area contributed by atoms with Gasteiger partial charge in [-0.05, 0) is 38.1 Å². The topological polar surface area (TPSA) is 44.7 Å². The van der Waals surface area contributed by atoms with E-state index in [1.165, 1.54) is 12.1 Å². The SMILES string of the molecule is CCN(CC)c1ccc(C(=O)N/N=C\c2c(F)c(F)c(F)c(F)c2F)cc1. The molecule has 144 valence electrons. The summed E-state index contributed by atoms with van der Waals surface area (Å²) in [5, 5.41) is 3.27. The average molecular weight is 385 g/mol. The molecular weight excluding hydrogens is 369 g/mol. The maximum absolute atomic E-state index is 13.5. The summed E-state index contributed by atoms with van der Waals surface area (Å²) < 4.78 is 66.2. The van der Waals surface area contributed by atoms with Crippen molar-refractivity contribution >= 4 is 17.8 Å². The molecule has 4 nitrogen and oxygen atoms in total. The molecule has 0 saturated carbocycles. The van der Waals surface area contributed by atoms with Crippen LogP contribution in [0.25, 0.3) is 0 Å². The molecule has 0 unspecified atom stereocenters. The number of hydrogen-bond donors (Lipinski definition) is 1. The van der Waals surface area contributed by atoms with Gasteiger partial charge in [0.25, 0.3) is 5.91 Å². The van der Waals surface area contributed by atoms with E-state index >= 15 is 0 Å². The molecule has 2 aromatic carbocycles. The highest BCUT2D eigenvalue weighted by molar-refractivity contribution is 5.95. The zero-order valence-electron chi connectivity index (χ0n) is 14.5. The molecule has 0 radical (unpaired) electrons. The van der Waals surface area contributed by atoms with Crippen LogP contribution in [0.3, 0.4) is 0 Å². The average Bonchev–Trinajstić information content (AvgIpc) is 2.68. The molecule has 27 heavy (non-hydrogen) atoms. The molecule has 0 aliphatic carbocycles. The fourth-order valence-electron chi connectivity index (χ4n) is 2.37. The normalized spacial score (nSPS) is 11.1. The van der Waals surface area contributed by atoms with Gasteiger partial charge in [-0.1, -0.05) is 0 Å². The summed E-state index contributed by atoms with van der Waals surface area (Å²) in [6.07, 6.45) is 0.360. The van der Waals surface area contributed by atoms with Crippen molar-refractivity contribution in [3.05, 3.63) is 64.5 Å². The number of nitrogens with zero attached hydrogens (tertiary/aromatic N) is 2. The summed E-state index contributed by atoms with van der Waals surface area (Å²) in [4.78, 5) is 14.0. The van der Waals surface area contributed by atoms with E-state index in [1.807, 2.05) is 19.3 Å². The molecule has 0 bridgehead atoms. The van der Waals surface area contributed by atoms with Gasteiger partial charge in [-0.15, -0.1) is 0 Å². The number of nitrogens with one attached hydrogen (secondary N) is 1. The van der Waals surface area contributed by atoms with Crippen LogP contribution in [0.2, 0.25) is 0 Å². The van der Waals surface area contributed by atoms with Gasteiger partial charge in [0.2, 0.25) is 5.82 Å². The molecule has 2 rings (SSSR count). The first-order valence-electron chi connectivity index (χ1n) is 8.01. The molecule has 1 amide bonds. The summed E-state index contributed by atoms with van der Waals surface area (Å²) in [6, 6.07) is 6.49. The number of hydrazone groups is 1. The number of halogens is 5. The summed E-state index contributed by atoms with van der Waals surface area (Å²) >= 11 is 0. The largest absolute Gasteiger partial charge is 0.372 e. The summed E-state index contributed by atoms with van der Waals surface area (Å²) in [7, 11) is 0. The van der Waals surface area contributed by atoms with E-state index < -0.39 is 40.6 Å². The summed E-state index contributed by atoms with van der Waals surface area (Å²) in [5.41, 5.74) is 1.84. The molecule has 0 atom stereocenters. The number of carbonyl (C=O) groups is 1. The second-order valence-electron chi connectivity index (χ2n) is 5.40. The minimum atomic E-state index is -2.26. The molecule has 0 aromatic heterocycles. The first-order chi connectivity index (χ1) is 12.8. The Bertz CT molecular complexity index is 835. The monoisotopic (exact) mass is 385 g/mol. The lowest BCUT2D eigenvalue weighted by Gasteiger charge is -2.20. The van der Waals surface area contributed by atoms with Gasteiger partial charge in [0.05, 0.1) is 11.8 Å². The smallest absolute Gasteiger partial charge is 0.271 e. The Morgan fingerprint density at radius 2 is 1.41 bits per heavy atom. The quantitative estimate of drug-likeness (QED) is 0.269. The van der Waals surface area contributed by atoms with Crippen molar-refractivity contribution in [1.82, 2.24) is 5.43 Å². The maximum atomic E-state index is 13.5.